The maximum Gasteiger partial charge on any atom is 0.319 e. The maximum absolute atomic E-state index is 12.8. The summed E-state index contributed by atoms with van der Waals surface area (Å²) < 4.78 is 17.9. The Kier molecular flexibility index (Phi) is 6.21. The van der Waals surface area contributed by atoms with Gasteiger partial charge in [-0.15, -0.1) is 0 Å². The number of urea groups is 1. The Morgan fingerprint density at radius 2 is 1.58 bits per heavy atom. The van der Waals surface area contributed by atoms with E-state index in [-0.39, 0.29) is 18.2 Å². The first kappa shape index (κ1) is 20.9. The lowest BCUT2D eigenvalue weighted by atomic mass is 10.0. The standard InChI is InChI=1S/C25H26N2O4/c1-25(2)29-17-21(23(31-25)18-11-5-3-6-12-18)27-24(28)26-20-15-9-10-16-22(20)30-19-13-7-4-8-14-19/h3-16,21,23H,17H2,1-2H3,(H2,26,27,28)/t21-,23+/m0/s1. The molecule has 4 rings (SSSR count). The van der Waals surface area contributed by atoms with E-state index in [1.54, 1.807) is 6.07 Å². The summed E-state index contributed by atoms with van der Waals surface area (Å²) >= 11 is 0. The highest BCUT2D eigenvalue weighted by atomic mass is 16.7. The molecule has 1 saturated heterocycles. The van der Waals surface area contributed by atoms with Gasteiger partial charge in [0.2, 0.25) is 0 Å². The molecule has 2 N–H and O–H groups in total. The average Bonchev–Trinajstić information content (AvgIpc) is 2.77. The third-order valence-electron chi connectivity index (χ3n) is 4.94. The zero-order valence-electron chi connectivity index (χ0n) is 17.6. The lowest BCUT2D eigenvalue weighted by Crippen LogP contribution is -2.52. The molecule has 6 nitrogen and oxygen atoms in total. The normalized spacial score (nSPS) is 19.9. The molecule has 0 spiro atoms. The van der Waals surface area contributed by atoms with Gasteiger partial charge >= 0.3 is 6.03 Å². The summed E-state index contributed by atoms with van der Waals surface area (Å²) in [5.41, 5.74) is 1.55. The van der Waals surface area contributed by atoms with Crippen LogP contribution in [-0.2, 0) is 9.47 Å². The molecular formula is C25H26N2O4. The lowest BCUT2D eigenvalue weighted by Gasteiger charge is -2.41. The summed E-state index contributed by atoms with van der Waals surface area (Å²) in [6, 6.07) is 25.9. The van der Waals surface area contributed by atoms with E-state index in [0.29, 0.717) is 23.8 Å². The van der Waals surface area contributed by atoms with Gasteiger partial charge in [-0.25, -0.2) is 4.79 Å². The molecule has 0 saturated carbocycles. The SMILES string of the molecule is CC1(C)OC[C@H](NC(=O)Nc2ccccc2Oc2ccccc2)[C@@H](c2ccccc2)O1. The predicted octanol–water partition coefficient (Wildman–Crippen LogP) is 5.49. The second-order valence-corrected chi connectivity index (χ2v) is 7.78. The van der Waals surface area contributed by atoms with Crippen LogP contribution in [0.25, 0.3) is 0 Å². The van der Waals surface area contributed by atoms with Crippen molar-refractivity contribution in [3.8, 4) is 11.5 Å². The molecule has 0 aliphatic carbocycles. The van der Waals surface area contributed by atoms with Crippen molar-refractivity contribution in [2.75, 3.05) is 11.9 Å². The van der Waals surface area contributed by atoms with E-state index in [0.717, 1.165) is 5.56 Å². The molecule has 0 aromatic heterocycles. The molecule has 0 unspecified atom stereocenters. The largest absolute Gasteiger partial charge is 0.455 e. The van der Waals surface area contributed by atoms with E-state index >= 15 is 0 Å². The third kappa shape index (κ3) is 5.42. The van der Waals surface area contributed by atoms with Crippen LogP contribution in [0, 0.1) is 0 Å². The number of hydrogen-bond acceptors (Lipinski definition) is 4. The van der Waals surface area contributed by atoms with Gasteiger partial charge in [0.1, 0.15) is 11.9 Å². The number of nitrogens with one attached hydrogen (secondary N) is 2. The van der Waals surface area contributed by atoms with Gasteiger partial charge in [0.15, 0.2) is 11.5 Å². The topological polar surface area (TPSA) is 68.8 Å². The number of ether oxygens (including phenoxy) is 3. The number of benzene rings is 3. The first-order valence-corrected chi connectivity index (χ1v) is 10.3. The van der Waals surface area contributed by atoms with Crippen molar-refractivity contribution in [1.29, 1.82) is 0 Å². The summed E-state index contributed by atoms with van der Waals surface area (Å²) in [6.07, 6.45) is -0.327. The smallest absolute Gasteiger partial charge is 0.319 e. The minimum absolute atomic E-state index is 0.327. The van der Waals surface area contributed by atoms with Crippen LogP contribution < -0.4 is 15.4 Å². The molecule has 31 heavy (non-hydrogen) atoms. The molecule has 2 atom stereocenters. The number of anilines is 1. The highest BCUT2D eigenvalue weighted by Crippen LogP contribution is 2.33. The van der Waals surface area contributed by atoms with Crippen molar-refractivity contribution < 1.29 is 19.0 Å². The van der Waals surface area contributed by atoms with Crippen LogP contribution >= 0.6 is 0 Å². The Balaban J connectivity index is 1.47. The van der Waals surface area contributed by atoms with Gasteiger partial charge in [0.25, 0.3) is 0 Å². The van der Waals surface area contributed by atoms with E-state index in [9.17, 15) is 4.79 Å². The number of para-hydroxylation sites is 3. The van der Waals surface area contributed by atoms with Gasteiger partial charge in [-0.1, -0.05) is 60.7 Å². The van der Waals surface area contributed by atoms with Gasteiger partial charge in [-0.05, 0) is 43.7 Å². The monoisotopic (exact) mass is 418 g/mol. The Labute approximate surface area is 182 Å². The molecule has 0 bridgehead atoms. The quantitative estimate of drug-likeness (QED) is 0.575. The van der Waals surface area contributed by atoms with Crippen LogP contribution in [0.1, 0.15) is 25.5 Å². The van der Waals surface area contributed by atoms with Crippen LogP contribution in [-0.4, -0.2) is 24.5 Å². The summed E-state index contributed by atoms with van der Waals surface area (Å²) in [6.45, 7) is 4.08. The van der Waals surface area contributed by atoms with Crippen molar-refractivity contribution in [3.63, 3.8) is 0 Å². The molecule has 2 amide bonds. The van der Waals surface area contributed by atoms with Gasteiger partial charge in [0.05, 0.1) is 18.3 Å². The Bertz CT molecular complexity index is 1010. The molecule has 3 aromatic rings. The first-order valence-electron chi connectivity index (χ1n) is 10.3. The van der Waals surface area contributed by atoms with E-state index in [2.05, 4.69) is 10.6 Å². The molecule has 1 heterocycles. The van der Waals surface area contributed by atoms with Crippen LogP contribution in [0.3, 0.4) is 0 Å². The number of hydrogen-bond donors (Lipinski definition) is 2. The highest BCUT2D eigenvalue weighted by molar-refractivity contribution is 5.91. The van der Waals surface area contributed by atoms with E-state index in [1.807, 2.05) is 92.7 Å². The van der Waals surface area contributed by atoms with E-state index in [1.165, 1.54) is 0 Å². The fourth-order valence-electron chi connectivity index (χ4n) is 3.46. The maximum atomic E-state index is 12.8. The fraction of sp³-hybridized carbons (Fsp3) is 0.240. The molecule has 160 valence electrons. The van der Waals surface area contributed by atoms with Gasteiger partial charge < -0.3 is 24.8 Å². The van der Waals surface area contributed by atoms with Crippen molar-refractivity contribution in [2.24, 2.45) is 0 Å². The number of amides is 2. The fourth-order valence-corrected chi connectivity index (χ4v) is 3.46. The minimum atomic E-state index is -0.731. The third-order valence-corrected chi connectivity index (χ3v) is 4.94. The molecule has 1 aliphatic heterocycles. The molecule has 0 radical (unpaired) electrons. The second-order valence-electron chi connectivity index (χ2n) is 7.78. The summed E-state index contributed by atoms with van der Waals surface area (Å²) in [7, 11) is 0. The number of carbonyl (C=O) groups excluding carboxylic acids is 1. The summed E-state index contributed by atoms with van der Waals surface area (Å²) in [5, 5.41) is 5.87. The number of carbonyl (C=O) groups is 1. The Morgan fingerprint density at radius 3 is 2.32 bits per heavy atom. The van der Waals surface area contributed by atoms with E-state index in [4.69, 9.17) is 14.2 Å². The van der Waals surface area contributed by atoms with Gasteiger partial charge in [-0.2, -0.15) is 0 Å². The zero-order valence-corrected chi connectivity index (χ0v) is 17.6. The van der Waals surface area contributed by atoms with E-state index < -0.39 is 5.79 Å². The van der Waals surface area contributed by atoms with Crippen LogP contribution in [0.5, 0.6) is 11.5 Å². The van der Waals surface area contributed by atoms with Crippen LogP contribution in [0.15, 0.2) is 84.9 Å². The van der Waals surface area contributed by atoms with Crippen molar-refractivity contribution in [1.82, 2.24) is 5.32 Å². The Morgan fingerprint density at radius 1 is 0.935 bits per heavy atom. The predicted molar refractivity (Wildman–Crippen MR) is 119 cm³/mol. The van der Waals surface area contributed by atoms with Crippen molar-refractivity contribution in [2.45, 2.75) is 31.8 Å². The zero-order chi connectivity index (χ0) is 21.7. The first-order chi connectivity index (χ1) is 15.0. The highest BCUT2D eigenvalue weighted by Gasteiger charge is 2.38. The molecule has 1 aliphatic rings. The van der Waals surface area contributed by atoms with Crippen molar-refractivity contribution in [3.05, 3.63) is 90.5 Å². The summed E-state index contributed by atoms with van der Waals surface area (Å²) in [5.74, 6) is 0.518. The molecule has 3 aromatic carbocycles. The average molecular weight is 418 g/mol. The number of rotatable bonds is 5. The molecular weight excluding hydrogens is 392 g/mol. The van der Waals surface area contributed by atoms with Crippen LogP contribution in [0.4, 0.5) is 10.5 Å². The second kappa shape index (κ2) is 9.20. The molecule has 6 heteroatoms. The van der Waals surface area contributed by atoms with Gasteiger partial charge in [0, 0.05) is 0 Å². The lowest BCUT2D eigenvalue weighted by molar-refractivity contribution is -0.284. The van der Waals surface area contributed by atoms with Crippen LogP contribution in [0.2, 0.25) is 0 Å². The van der Waals surface area contributed by atoms with Crippen molar-refractivity contribution >= 4 is 11.7 Å². The van der Waals surface area contributed by atoms with Gasteiger partial charge in [-0.3, -0.25) is 0 Å². The molecule has 1 fully saturated rings. The summed E-state index contributed by atoms with van der Waals surface area (Å²) in [4.78, 5) is 12.8. The Hall–Kier alpha value is -3.35. The minimum Gasteiger partial charge on any atom is -0.455 e.